The number of piperazine rings is 1. The van der Waals surface area contributed by atoms with Crippen LogP contribution >= 0.6 is 11.6 Å². The largest absolute Gasteiger partial charge is 0.451 e. The molecule has 4 rings (SSSR count). The molecule has 6 heteroatoms. The Kier molecular flexibility index (Phi) is 4.56. The topological polar surface area (TPSA) is 36.7 Å². The van der Waals surface area contributed by atoms with Crippen molar-refractivity contribution in [3.8, 4) is 0 Å². The molecule has 27 heavy (non-hydrogen) atoms. The van der Waals surface area contributed by atoms with E-state index in [0.29, 0.717) is 40.4 Å². The lowest BCUT2D eigenvalue weighted by Crippen LogP contribution is -2.49. The Hall–Kier alpha value is -2.53. The van der Waals surface area contributed by atoms with Crippen molar-refractivity contribution in [2.24, 2.45) is 0 Å². The Labute approximate surface area is 162 Å². The number of amides is 1. The molecule has 0 atom stereocenters. The Morgan fingerprint density at radius 2 is 1.81 bits per heavy atom. The van der Waals surface area contributed by atoms with Crippen molar-refractivity contribution in [2.45, 2.75) is 13.8 Å². The van der Waals surface area contributed by atoms with Crippen LogP contribution in [-0.4, -0.2) is 37.0 Å². The van der Waals surface area contributed by atoms with Gasteiger partial charge in [0.25, 0.3) is 5.91 Å². The van der Waals surface area contributed by atoms with Crippen molar-refractivity contribution in [3.05, 3.63) is 64.1 Å². The van der Waals surface area contributed by atoms with Gasteiger partial charge in [0.1, 0.15) is 11.4 Å². The minimum atomic E-state index is -0.337. The summed E-state index contributed by atoms with van der Waals surface area (Å²) < 4.78 is 19.2. The summed E-state index contributed by atoms with van der Waals surface area (Å²) in [5.74, 6) is -0.189. The molecule has 1 saturated heterocycles. The summed E-state index contributed by atoms with van der Waals surface area (Å²) in [5, 5.41) is 1.35. The quantitative estimate of drug-likeness (QED) is 0.634. The van der Waals surface area contributed by atoms with Gasteiger partial charge in [0.05, 0.1) is 0 Å². The maximum atomic E-state index is 13.5. The van der Waals surface area contributed by atoms with Crippen LogP contribution in [0.15, 0.2) is 40.8 Å². The van der Waals surface area contributed by atoms with Gasteiger partial charge in [0.15, 0.2) is 5.76 Å². The zero-order chi connectivity index (χ0) is 19.1. The number of rotatable bonds is 2. The number of hydrogen-bond donors (Lipinski definition) is 0. The zero-order valence-electron chi connectivity index (χ0n) is 15.3. The summed E-state index contributed by atoms with van der Waals surface area (Å²) in [6, 6.07) is 10.2. The van der Waals surface area contributed by atoms with Gasteiger partial charge in [-0.2, -0.15) is 0 Å². The van der Waals surface area contributed by atoms with Crippen LogP contribution in [-0.2, 0) is 0 Å². The van der Waals surface area contributed by atoms with Gasteiger partial charge in [-0.1, -0.05) is 17.7 Å². The number of aryl methyl sites for hydroxylation is 2. The van der Waals surface area contributed by atoms with E-state index < -0.39 is 0 Å². The molecular weight excluding hydrogens is 367 g/mol. The van der Waals surface area contributed by atoms with E-state index in [9.17, 15) is 9.18 Å². The third-order valence-corrected chi connectivity index (χ3v) is 5.41. The molecule has 1 amide bonds. The normalized spacial score (nSPS) is 14.8. The fourth-order valence-corrected chi connectivity index (χ4v) is 3.78. The number of hydrogen-bond acceptors (Lipinski definition) is 3. The predicted octanol–water partition coefficient (Wildman–Crippen LogP) is 4.80. The number of anilines is 1. The summed E-state index contributed by atoms with van der Waals surface area (Å²) in [5.41, 5.74) is 3.48. The van der Waals surface area contributed by atoms with Crippen LogP contribution in [0.5, 0.6) is 0 Å². The van der Waals surface area contributed by atoms with E-state index in [-0.39, 0.29) is 11.7 Å². The van der Waals surface area contributed by atoms with Gasteiger partial charge in [-0.05, 0) is 49.7 Å². The van der Waals surface area contributed by atoms with Crippen LogP contribution in [0.25, 0.3) is 11.0 Å². The van der Waals surface area contributed by atoms with Gasteiger partial charge in [-0.15, -0.1) is 0 Å². The van der Waals surface area contributed by atoms with Crippen LogP contribution in [0, 0.1) is 19.7 Å². The van der Waals surface area contributed by atoms with E-state index in [2.05, 4.69) is 11.8 Å². The minimum absolute atomic E-state index is 0.147. The Bertz CT molecular complexity index is 1020. The summed E-state index contributed by atoms with van der Waals surface area (Å²) in [4.78, 5) is 17.0. The first kappa shape index (κ1) is 17.9. The van der Waals surface area contributed by atoms with Gasteiger partial charge >= 0.3 is 0 Å². The molecule has 0 aliphatic carbocycles. The van der Waals surface area contributed by atoms with Crippen molar-refractivity contribution < 1.29 is 13.6 Å². The van der Waals surface area contributed by atoms with Gasteiger partial charge in [0, 0.05) is 47.8 Å². The number of fused-ring (bicyclic) bond motifs is 1. The first-order valence-corrected chi connectivity index (χ1v) is 9.31. The molecule has 1 aliphatic rings. The molecular formula is C21H20ClFN2O2. The van der Waals surface area contributed by atoms with Crippen LogP contribution in [0.4, 0.5) is 10.1 Å². The number of benzene rings is 2. The highest BCUT2D eigenvalue weighted by Gasteiger charge is 2.27. The molecule has 140 valence electrons. The smallest absolute Gasteiger partial charge is 0.290 e. The number of furan rings is 1. The van der Waals surface area contributed by atoms with E-state index in [1.165, 1.54) is 12.1 Å². The third kappa shape index (κ3) is 3.28. The van der Waals surface area contributed by atoms with Crippen LogP contribution < -0.4 is 4.90 Å². The van der Waals surface area contributed by atoms with Crippen LogP contribution in [0.2, 0.25) is 5.02 Å². The fraction of sp³-hybridized carbons (Fsp3) is 0.286. The SMILES string of the molecule is Cc1ccc(Cl)cc1N1CCN(C(=O)c2oc3ccc(F)cc3c2C)CC1. The third-order valence-electron chi connectivity index (χ3n) is 5.17. The monoisotopic (exact) mass is 386 g/mol. The predicted molar refractivity (Wildman–Crippen MR) is 105 cm³/mol. The van der Waals surface area contributed by atoms with Crippen molar-refractivity contribution in [3.63, 3.8) is 0 Å². The highest BCUT2D eigenvalue weighted by Crippen LogP contribution is 2.29. The van der Waals surface area contributed by atoms with E-state index in [1.807, 2.05) is 18.2 Å². The molecule has 0 bridgehead atoms. The highest BCUT2D eigenvalue weighted by molar-refractivity contribution is 6.30. The number of carbonyl (C=O) groups is 1. The first-order chi connectivity index (χ1) is 12.9. The van der Waals surface area contributed by atoms with Crippen LogP contribution in [0.3, 0.4) is 0 Å². The maximum absolute atomic E-state index is 13.5. The molecule has 0 radical (unpaired) electrons. The van der Waals surface area contributed by atoms with E-state index >= 15 is 0 Å². The lowest BCUT2D eigenvalue weighted by molar-refractivity contribution is 0.0716. The van der Waals surface area contributed by atoms with Gasteiger partial charge < -0.3 is 14.2 Å². The van der Waals surface area contributed by atoms with Crippen molar-refractivity contribution in [1.82, 2.24) is 4.90 Å². The molecule has 0 saturated carbocycles. The molecule has 2 aromatic carbocycles. The Morgan fingerprint density at radius 3 is 2.56 bits per heavy atom. The number of carbonyl (C=O) groups excluding carboxylic acids is 1. The molecule has 0 spiro atoms. The second-order valence-electron chi connectivity index (χ2n) is 6.91. The standard InChI is InChI=1S/C21H20ClFN2O2/c1-13-3-4-15(22)11-18(13)24-7-9-25(10-8-24)21(26)20-14(2)17-12-16(23)5-6-19(17)27-20/h3-6,11-12H,7-10H2,1-2H3. The molecule has 1 aromatic heterocycles. The average molecular weight is 387 g/mol. The summed E-state index contributed by atoms with van der Waals surface area (Å²) >= 11 is 6.13. The molecule has 1 aliphatic heterocycles. The lowest BCUT2D eigenvalue weighted by Gasteiger charge is -2.36. The number of halogens is 2. The molecule has 3 aromatic rings. The second-order valence-corrected chi connectivity index (χ2v) is 7.34. The molecule has 1 fully saturated rings. The fourth-order valence-electron chi connectivity index (χ4n) is 3.61. The van der Waals surface area contributed by atoms with E-state index in [0.717, 1.165) is 24.3 Å². The van der Waals surface area contributed by atoms with Gasteiger partial charge in [-0.3, -0.25) is 4.79 Å². The van der Waals surface area contributed by atoms with Crippen molar-refractivity contribution >= 4 is 34.2 Å². The van der Waals surface area contributed by atoms with Crippen molar-refractivity contribution in [1.29, 1.82) is 0 Å². The number of nitrogens with zero attached hydrogens (tertiary/aromatic N) is 2. The highest BCUT2D eigenvalue weighted by atomic mass is 35.5. The second kappa shape index (κ2) is 6.89. The van der Waals surface area contributed by atoms with Gasteiger partial charge in [-0.25, -0.2) is 4.39 Å². The summed E-state index contributed by atoms with van der Waals surface area (Å²) in [6.45, 7) is 6.48. The molecule has 4 nitrogen and oxygen atoms in total. The zero-order valence-corrected chi connectivity index (χ0v) is 16.0. The average Bonchev–Trinajstić information content (AvgIpc) is 2.99. The first-order valence-electron chi connectivity index (χ1n) is 8.93. The maximum Gasteiger partial charge on any atom is 0.290 e. The van der Waals surface area contributed by atoms with Gasteiger partial charge in [0.2, 0.25) is 0 Å². The van der Waals surface area contributed by atoms with Crippen LogP contribution in [0.1, 0.15) is 21.7 Å². The Balaban J connectivity index is 1.52. The van der Waals surface area contributed by atoms with Crippen molar-refractivity contribution in [2.75, 3.05) is 31.1 Å². The summed E-state index contributed by atoms with van der Waals surface area (Å²) in [7, 11) is 0. The molecule has 2 heterocycles. The van der Waals surface area contributed by atoms with E-state index in [4.69, 9.17) is 16.0 Å². The van der Waals surface area contributed by atoms with E-state index in [1.54, 1.807) is 17.9 Å². The molecule has 0 N–H and O–H groups in total. The molecule has 0 unspecified atom stereocenters. The minimum Gasteiger partial charge on any atom is -0.451 e. The lowest BCUT2D eigenvalue weighted by atomic mass is 10.1. The summed E-state index contributed by atoms with van der Waals surface area (Å²) in [6.07, 6.45) is 0. The Morgan fingerprint density at radius 1 is 1.07 bits per heavy atom.